The number of furan rings is 1. The smallest absolute Gasteiger partial charge is 0.109 e. The summed E-state index contributed by atoms with van der Waals surface area (Å²) >= 11 is 0. The van der Waals surface area contributed by atoms with Gasteiger partial charge in [0.2, 0.25) is 0 Å². The maximum absolute atomic E-state index is 11.1. The van der Waals surface area contributed by atoms with Gasteiger partial charge in [-0.05, 0) is 56.4 Å². The highest BCUT2D eigenvalue weighted by Crippen LogP contribution is 2.39. The van der Waals surface area contributed by atoms with Gasteiger partial charge in [0, 0.05) is 18.4 Å². The Morgan fingerprint density at radius 2 is 1.90 bits per heavy atom. The Morgan fingerprint density at radius 3 is 2.60 bits per heavy atom. The number of benzene rings is 1. The largest absolute Gasteiger partial charge is 0.469 e. The summed E-state index contributed by atoms with van der Waals surface area (Å²) in [6, 6.07) is 6.34. The fraction of sp³-hybridized carbons (Fsp3) is 0.444. The zero-order valence-electron chi connectivity index (χ0n) is 12.5. The predicted octanol–water partition coefficient (Wildman–Crippen LogP) is 3.97. The second-order valence-corrected chi connectivity index (χ2v) is 6.20. The maximum Gasteiger partial charge on any atom is 0.109 e. The minimum Gasteiger partial charge on any atom is -0.469 e. The third-order valence-electron chi connectivity index (χ3n) is 4.55. The first kappa shape index (κ1) is 13.4. The summed E-state index contributed by atoms with van der Waals surface area (Å²) < 4.78 is 5.51. The van der Waals surface area contributed by atoms with E-state index in [0.717, 1.165) is 30.6 Å². The van der Waals surface area contributed by atoms with Crippen LogP contribution in [0.5, 0.6) is 0 Å². The summed E-state index contributed by atoms with van der Waals surface area (Å²) in [6.07, 6.45) is 5.12. The summed E-state index contributed by atoms with van der Waals surface area (Å²) in [5.74, 6) is 0.959. The van der Waals surface area contributed by atoms with E-state index in [9.17, 15) is 5.11 Å². The first-order chi connectivity index (χ1) is 9.49. The number of hydrogen-bond donors (Lipinski definition) is 1. The number of aryl methyl sites for hydroxylation is 4. The Balaban J connectivity index is 2.00. The van der Waals surface area contributed by atoms with Crippen LogP contribution in [0, 0.1) is 20.8 Å². The van der Waals surface area contributed by atoms with Gasteiger partial charge in [0.1, 0.15) is 5.76 Å². The molecular formula is C18H22O2. The van der Waals surface area contributed by atoms with Crippen LogP contribution in [0.2, 0.25) is 0 Å². The van der Waals surface area contributed by atoms with Crippen LogP contribution in [-0.4, -0.2) is 5.11 Å². The Labute approximate surface area is 120 Å². The van der Waals surface area contributed by atoms with Crippen LogP contribution >= 0.6 is 0 Å². The molecule has 0 radical (unpaired) electrons. The van der Waals surface area contributed by atoms with Crippen molar-refractivity contribution < 1.29 is 9.52 Å². The topological polar surface area (TPSA) is 33.4 Å². The molecule has 0 bridgehead atoms. The van der Waals surface area contributed by atoms with E-state index in [2.05, 4.69) is 32.9 Å². The number of rotatable bonds is 2. The molecule has 2 aromatic rings. The highest BCUT2D eigenvalue weighted by atomic mass is 16.3. The Hall–Kier alpha value is -1.54. The summed E-state index contributed by atoms with van der Waals surface area (Å²) in [7, 11) is 0. The average molecular weight is 270 g/mol. The number of hydrogen-bond acceptors (Lipinski definition) is 2. The number of fused-ring (bicyclic) bond motifs is 1. The predicted molar refractivity (Wildman–Crippen MR) is 79.9 cm³/mol. The van der Waals surface area contributed by atoms with E-state index in [-0.39, 0.29) is 0 Å². The van der Waals surface area contributed by atoms with Crippen LogP contribution in [0.3, 0.4) is 0 Å². The molecule has 0 saturated carbocycles. The lowest BCUT2D eigenvalue weighted by Gasteiger charge is -2.33. The number of aliphatic hydroxyl groups is 1. The van der Waals surface area contributed by atoms with Crippen molar-refractivity contribution in [1.82, 2.24) is 0 Å². The third-order valence-corrected chi connectivity index (χ3v) is 4.55. The molecule has 2 heteroatoms. The van der Waals surface area contributed by atoms with Crippen LogP contribution in [0.4, 0.5) is 0 Å². The van der Waals surface area contributed by atoms with E-state index in [4.69, 9.17) is 4.42 Å². The second-order valence-electron chi connectivity index (χ2n) is 6.20. The molecule has 0 fully saturated rings. The fourth-order valence-electron chi connectivity index (χ4n) is 3.59. The molecule has 3 rings (SSSR count). The Morgan fingerprint density at radius 1 is 1.20 bits per heavy atom. The molecule has 0 saturated heterocycles. The first-order valence-electron chi connectivity index (χ1n) is 7.35. The van der Waals surface area contributed by atoms with Crippen LogP contribution in [0.15, 0.2) is 28.9 Å². The molecule has 1 heterocycles. The molecule has 1 atom stereocenters. The average Bonchev–Trinajstić information content (AvgIpc) is 2.84. The molecule has 0 spiro atoms. The lowest BCUT2D eigenvalue weighted by molar-refractivity contribution is 0.0166. The van der Waals surface area contributed by atoms with Gasteiger partial charge in [0.15, 0.2) is 0 Å². The molecule has 1 aromatic carbocycles. The van der Waals surface area contributed by atoms with Crippen LogP contribution in [0.1, 0.15) is 46.4 Å². The van der Waals surface area contributed by atoms with Gasteiger partial charge >= 0.3 is 0 Å². The van der Waals surface area contributed by atoms with Gasteiger partial charge in [-0.3, -0.25) is 0 Å². The molecule has 1 aliphatic carbocycles. The SMILES string of the molecule is Cc1cc(C)c(CC2(O)CCCc3occc32)c(C)c1. The summed E-state index contributed by atoms with van der Waals surface area (Å²) in [5, 5.41) is 11.1. The zero-order chi connectivity index (χ0) is 14.3. The first-order valence-corrected chi connectivity index (χ1v) is 7.35. The van der Waals surface area contributed by atoms with Crippen molar-refractivity contribution in [3.05, 3.63) is 58.0 Å². The van der Waals surface area contributed by atoms with E-state index in [1.165, 1.54) is 22.3 Å². The molecule has 106 valence electrons. The highest BCUT2D eigenvalue weighted by Gasteiger charge is 2.36. The van der Waals surface area contributed by atoms with Gasteiger partial charge in [-0.1, -0.05) is 17.7 Å². The van der Waals surface area contributed by atoms with Crippen molar-refractivity contribution in [1.29, 1.82) is 0 Å². The van der Waals surface area contributed by atoms with Crippen molar-refractivity contribution in [2.45, 2.75) is 52.1 Å². The monoisotopic (exact) mass is 270 g/mol. The minimum absolute atomic E-state index is 0.678. The second kappa shape index (κ2) is 4.78. The maximum atomic E-state index is 11.1. The van der Waals surface area contributed by atoms with E-state index < -0.39 is 5.60 Å². The zero-order valence-corrected chi connectivity index (χ0v) is 12.5. The lowest BCUT2D eigenvalue weighted by atomic mass is 9.77. The molecule has 0 aliphatic heterocycles. The van der Waals surface area contributed by atoms with Crippen molar-refractivity contribution >= 4 is 0 Å². The summed E-state index contributed by atoms with van der Waals surface area (Å²) in [4.78, 5) is 0. The molecule has 0 amide bonds. The van der Waals surface area contributed by atoms with Crippen LogP contribution in [-0.2, 0) is 18.4 Å². The van der Waals surface area contributed by atoms with Crippen LogP contribution < -0.4 is 0 Å². The molecule has 1 aliphatic rings. The van der Waals surface area contributed by atoms with Crippen molar-refractivity contribution in [2.24, 2.45) is 0 Å². The van der Waals surface area contributed by atoms with Gasteiger partial charge in [0.25, 0.3) is 0 Å². The van der Waals surface area contributed by atoms with Crippen molar-refractivity contribution in [2.75, 3.05) is 0 Å². The molecular weight excluding hydrogens is 248 g/mol. The van der Waals surface area contributed by atoms with Crippen molar-refractivity contribution in [3.8, 4) is 0 Å². The molecule has 1 aromatic heterocycles. The van der Waals surface area contributed by atoms with E-state index in [1.54, 1.807) is 6.26 Å². The standard InChI is InChI=1S/C18H22O2/c1-12-9-13(2)15(14(3)10-12)11-18(19)7-4-5-17-16(18)6-8-20-17/h6,8-10,19H,4-5,7,11H2,1-3H3. The Bertz CT molecular complexity index is 616. The molecule has 1 unspecified atom stereocenters. The van der Waals surface area contributed by atoms with Crippen molar-refractivity contribution in [3.63, 3.8) is 0 Å². The molecule has 1 N–H and O–H groups in total. The highest BCUT2D eigenvalue weighted by molar-refractivity contribution is 5.40. The third kappa shape index (κ3) is 2.18. The molecule has 20 heavy (non-hydrogen) atoms. The lowest BCUT2D eigenvalue weighted by Crippen LogP contribution is -2.32. The summed E-state index contributed by atoms with van der Waals surface area (Å²) in [6.45, 7) is 6.39. The fourth-order valence-corrected chi connectivity index (χ4v) is 3.59. The van der Waals surface area contributed by atoms with Gasteiger partial charge in [-0.25, -0.2) is 0 Å². The Kier molecular flexibility index (Phi) is 3.21. The van der Waals surface area contributed by atoms with Gasteiger partial charge < -0.3 is 9.52 Å². The van der Waals surface area contributed by atoms with E-state index in [1.807, 2.05) is 6.07 Å². The van der Waals surface area contributed by atoms with Crippen LogP contribution in [0.25, 0.3) is 0 Å². The minimum atomic E-state index is -0.772. The van der Waals surface area contributed by atoms with E-state index >= 15 is 0 Å². The summed E-state index contributed by atoms with van der Waals surface area (Å²) in [5.41, 5.74) is 5.31. The van der Waals surface area contributed by atoms with E-state index in [0.29, 0.717) is 6.42 Å². The van der Waals surface area contributed by atoms with Gasteiger partial charge in [0.05, 0.1) is 11.9 Å². The quantitative estimate of drug-likeness (QED) is 0.895. The van der Waals surface area contributed by atoms with Gasteiger partial charge in [-0.15, -0.1) is 0 Å². The molecule has 2 nitrogen and oxygen atoms in total. The normalized spacial score (nSPS) is 21.8. The van der Waals surface area contributed by atoms with Gasteiger partial charge in [-0.2, -0.15) is 0 Å².